The van der Waals surface area contributed by atoms with Crippen LogP contribution in [0.3, 0.4) is 0 Å². The number of methoxy groups -OCH3 is 1. The molecule has 1 N–H and O–H groups in total. The van der Waals surface area contributed by atoms with Gasteiger partial charge in [-0.15, -0.1) is 11.3 Å². The van der Waals surface area contributed by atoms with Crippen LogP contribution >= 0.6 is 11.3 Å². The number of aromatic nitrogens is 1. The van der Waals surface area contributed by atoms with Crippen molar-refractivity contribution in [3.05, 3.63) is 40.9 Å². The molecule has 1 aromatic carbocycles. The lowest BCUT2D eigenvalue weighted by Gasteiger charge is -2.16. The van der Waals surface area contributed by atoms with Gasteiger partial charge in [0, 0.05) is 44.0 Å². The van der Waals surface area contributed by atoms with Crippen molar-refractivity contribution in [2.45, 2.75) is 13.5 Å². The van der Waals surface area contributed by atoms with Crippen molar-refractivity contribution in [1.29, 1.82) is 0 Å². The zero-order valence-electron chi connectivity index (χ0n) is 12.2. The molecule has 0 radical (unpaired) electrons. The van der Waals surface area contributed by atoms with Gasteiger partial charge in [-0.1, -0.05) is 12.1 Å². The maximum Gasteiger partial charge on any atom is 0.189 e. The van der Waals surface area contributed by atoms with E-state index in [2.05, 4.69) is 53.4 Å². The highest BCUT2D eigenvalue weighted by atomic mass is 32.1. The summed E-state index contributed by atoms with van der Waals surface area (Å²) >= 11 is 1.71. The number of benzene rings is 1. The molecular weight excluding hydrogens is 270 g/mol. The molecule has 0 aliphatic carbocycles. The predicted octanol–water partition coefficient (Wildman–Crippen LogP) is 2.96. The van der Waals surface area contributed by atoms with E-state index >= 15 is 0 Å². The normalized spacial score (nSPS) is 10.8. The number of hydrogen-bond acceptors (Lipinski definition) is 5. The molecule has 2 aromatic rings. The first-order valence-corrected chi connectivity index (χ1v) is 7.47. The molecule has 108 valence electrons. The molecule has 0 bridgehead atoms. The third-order valence-electron chi connectivity index (χ3n) is 3.00. The molecule has 5 heteroatoms. The van der Waals surface area contributed by atoms with Crippen LogP contribution < -0.4 is 10.2 Å². The third kappa shape index (κ3) is 4.03. The number of aryl methyl sites for hydroxylation is 1. The maximum atomic E-state index is 5.01. The second-order valence-corrected chi connectivity index (χ2v) is 5.77. The average molecular weight is 291 g/mol. The van der Waals surface area contributed by atoms with Gasteiger partial charge in [-0.25, -0.2) is 4.98 Å². The monoisotopic (exact) mass is 291 g/mol. The van der Waals surface area contributed by atoms with Crippen molar-refractivity contribution in [3.63, 3.8) is 0 Å². The lowest BCUT2D eigenvalue weighted by molar-refractivity contribution is 0.199. The Morgan fingerprint density at radius 3 is 3.00 bits per heavy atom. The van der Waals surface area contributed by atoms with Crippen LogP contribution in [0, 0.1) is 6.92 Å². The lowest BCUT2D eigenvalue weighted by Crippen LogP contribution is -2.17. The van der Waals surface area contributed by atoms with Crippen molar-refractivity contribution in [2.75, 3.05) is 32.2 Å². The van der Waals surface area contributed by atoms with Crippen molar-refractivity contribution in [2.24, 2.45) is 0 Å². The number of ether oxygens (including phenoxy) is 1. The van der Waals surface area contributed by atoms with Crippen LogP contribution in [0.5, 0.6) is 0 Å². The Kier molecular flexibility index (Phi) is 5.52. The van der Waals surface area contributed by atoms with Crippen LogP contribution in [0.4, 0.5) is 10.8 Å². The van der Waals surface area contributed by atoms with Crippen LogP contribution in [-0.4, -0.2) is 32.3 Å². The number of nitrogens with one attached hydrogen (secondary N) is 1. The first-order valence-electron chi connectivity index (χ1n) is 6.65. The number of thiazole rings is 1. The minimum atomic E-state index is 0.731. The molecule has 0 atom stereocenters. The van der Waals surface area contributed by atoms with Gasteiger partial charge >= 0.3 is 0 Å². The fourth-order valence-corrected chi connectivity index (χ4v) is 2.73. The summed E-state index contributed by atoms with van der Waals surface area (Å²) in [4.78, 5) is 7.85. The van der Waals surface area contributed by atoms with Gasteiger partial charge in [-0.2, -0.15) is 0 Å². The molecule has 2 rings (SSSR count). The standard InChI is InChI=1S/C15H21N3OS/c1-12-5-4-6-13(9-12)18(2)15-17-11-14(20-15)10-16-7-8-19-3/h4-6,9,11,16H,7-8,10H2,1-3H3. The maximum absolute atomic E-state index is 5.01. The molecule has 0 aliphatic heterocycles. The Balaban J connectivity index is 1.97. The van der Waals surface area contributed by atoms with E-state index in [0.29, 0.717) is 0 Å². The third-order valence-corrected chi connectivity index (χ3v) is 4.07. The fourth-order valence-electron chi connectivity index (χ4n) is 1.87. The van der Waals surface area contributed by atoms with Crippen LogP contribution in [0.1, 0.15) is 10.4 Å². The molecule has 0 saturated carbocycles. The topological polar surface area (TPSA) is 37.4 Å². The Bertz CT molecular complexity index is 541. The van der Waals surface area contributed by atoms with E-state index < -0.39 is 0 Å². The fraction of sp³-hybridized carbons (Fsp3) is 0.400. The zero-order chi connectivity index (χ0) is 14.4. The number of hydrogen-bond donors (Lipinski definition) is 1. The Hall–Kier alpha value is -1.43. The van der Waals surface area contributed by atoms with Gasteiger partial charge in [-0.05, 0) is 24.6 Å². The SMILES string of the molecule is COCCNCc1cnc(N(C)c2cccc(C)c2)s1. The molecule has 1 aromatic heterocycles. The lowest BCUT2D eigenvalue weighted by atomic mass is 10.2. The van der Waals surface area contributed by atoms with E-state index in [1.54, 1.807) is 18.4 Å². The quantitative estimate of drug-likeness (QED) is 0.796. The summed E-state index contributed by atoms with van der Waals surface area (Å²) in [5, 5.41) is 4.34. The van der Waals surface area contributed by atoms with Crippen LogP contribution in [0.25, 0.3) is 0 Å². The summed E-state index contributed by atoms with van der Waals surface area (Å²) in [5.74, 6) is 0. The Labute approximate surface area is 124 Å². The van der Waals surface area contributed by atoms with Crippen molar-refractivity contribution in [1.82, 2.24) is 10.3 Å². The minimum Gasteiger partial charge on any atom is -0.383 e. The summed E-state index contributed by atoms with van der Waals surface area (Å²) in [6, 6.07) is 8.44. The average Bonchev–Trinajstić information content (AvgIpc) is 2.91. The summed E-state index contributed by atoms with van der Waals surface area (Å²) < 4.78 is 5.01. The minimum absolute atomic E-state index is 0.731. The summed E-state index contributed by atoms with van der Waals surface area (Å²) in [7, 11) is 3.76. The van der Waals surface area contributed by atoms with E-state index in [9.17, 15) is 0 Å². The highest BCUT2D eigenvalue weighted by Crippen LogP contribution is 2.28. The van der Waals surface area contributed by atoms with Crippen LogP contribution in [-0.2, 0) is 11.3 Å². The molecule has 0 saturated heterocycles. The summed E-state index contributed by atoms with van der Waals surface area (Å²) in [5.41, 5.74) is 2.42. The second-order valence-electron chi connectivity index (χ2n) is 4.68. The van der Waals surface area contributed by atoms with Gasteiger partial charge < -0.3 is 15.0 Å². The largest absolute Gasteiger partial charge is 0.383 e. The van der Waals surface area contributed by atoms with Crippen molar-refractivity contribution < 1.29 is 4.74 Å². The van der Waals surface area contributed by atoms with Gasteiger partial charge in [0.25, 0.3) is 0 Å². The van der Waals surface area contributed by atoms with Gasteiger partial charge in [0.05, 0.1) is 6.61 Å². The highest BCUT2D eigenvalue weighted by molar-refractivity contribution is 7.15. The zero-order valence-corrected chi connectivity index (χ0v) is 13.0. The second kappa shape index (κ2) is 7.38. The number of nitrogens with zero attached hydrogens (tertiary/aromatic N) is 2. The Morgan fingerprint density at radius 2 is 2.25 bits per heavy atom. The number of rotatable bonds is 7. The molecule has 0 spiro atoms. The van der Waals surface area contributed by atoms with Crippen LogP contribution in [0.15, 0.2) is 30.5 Å². The van der Waals surface area contributed by atoms with Gasteiger partial charge in [-0.3, -0.25) is 0 Å². The van der Waals surface area contributed by atoms with Crippen molar-refractivity contribution in [3.8, 4) is 0 Å². The van der Waals surface area contributed by atoms with E-state index in [1.807, 2.05) is 6.20 Å². The Morgan fingerprint density at radius 1 is 1.40 bits per heavy atom. The van der Waals surface area contributed by atoms with Gasteiger partial charge in [0.1, 0.15) is 0 Å². The van der Waals surface area contributed by atoms with Gasteiger partial charge in [0.15, 0.2) is 5.13 Å². The smallest absolute Gasteiger partial charge is 0.189 e. The van der Waals surface area contributed by atoms with E-state index in [-0.39, 0.29) is 0 Å². The van der Waals surface area contributed by atoms with Gasteiger partial charge in [0.2, 0.25) is 0 Å². The van der Waals surface area contributed by atoms with Crippen molar-refractivity contribution >= 4 is 22.2 Å². The number of anilines is 2. The first-order chi connectivity index (χ1) is 9.70. The van der Waals surface area contributed by atoms with Crippen LogP contribution in [0.2, 0.25) is 0 Å². The molecule has 1 heterocycles. The molecule has 20 heavy (non-hydrogen) atoms. The predicted molar refractivity (Wildman–Crippen MR) is 84.9 cm³/mol. The molecule has 4 nitrogen and oxygen atoms in total. The molecule has 0 unspecified atom stereocenters. The first kappa shape index (κ1) is 15.0. The van der Waals surface area contributed by atoms with E-state index in [4.69, 9.17) is 4.74 Å². The molecule has 0 amide bonds. The molecule has 0 fully saturated rings. The molecular formula is C15H21N3OS. The van der Waals surface area contributed by atoms with E-state index in [0.717, 1.165) is 24.8 Å². The van der Waals surface area contributed by atoms with E-state index in [1.165, 1.54) is 16.1 Å². The highest BCUT2D eigenvalue weighted by Gasteiger charge is 2.09. The summed E-state index contributed by atoms with van der Waals surface area (Å²) in [6.07, 6.45) is 1.94. The summed E-state index contributed by atoms with van der Waals surface area (Å²) in [6.45, 7) is 4.53. The molecule has 0 aliphatic rings.